The van der Waals surface area contributed by atoms with Gasteiger partial charge in [-0.15, -0.1) is 0 Å². The van der Waals surface area contributed by atoms with Crippen LogP contribution in [0.1, 0.15) is 149 Å². The molecule has 4 aliphatic rings. The summed E-state index contributed by atoms with van der Waals surface area (Å²) in [5.74, 6) is -0.641. The number of aromatic nitrogens is 12. The van der Waals surface area contributed by atoms with Crippen molar-refractivity contribution in [3.05, 3.63) is 38.0 Å². The van der Waals surface area contributed by atoms with Crippen LogP contribution < -0.4 is 17.2 Å². The Morgan fingerprint density at radius 3 is 1.71 bits per heavy atom. The number of aliphatic hydroxyl groups excluding tert-OH is 2. The van der Waals surface area contributed by atoms with Crippen LogP contribution in [0.4, 0.5) is 17.5 Å². The van der Waals surface area contributed by atoms with E-state index in [0.29, 0.717) is 24.2 Å². The third-order valence-electron chi connectivity index (χ3n) is 18.0. The van der Waals surface area contributed by atoms with Crippen molar-refractivity contribution in [2.45, 2.75) is 203 Å². The van der Waals surface area contributed by atoms with Gasteiger partial charge in [0.15, 0.2) is 53.1 Å². The molecule has 568 valence electrons. The maximum Gasteiger partial charge on any atom is 0.472 e. The summed E-state index contributed by atoms with van der Waals surface area (Å²) in [5.41, 5.74) is 16.6. The van der Waals surface area contributed by atoms with E-state index in [9.17, 15) is 43.2 Å². The van der Waals surface area contributed by atoms with Crippen LogP contribution in [0.2, 0.25) is 0 Å². The van der Waals surface area contributed by atoms with Gasteiger partial charge in [0.2, 0.25) is 0 Å². The van der Waals surface area contributed by atoms with Crippen molar-refractivity contribution in [2.75, 3.05) is 76.3 Å². The predicted molar refractivity (Wildman–Crippen MR) is 369 cm³/mol. The lowest BCUT2D eigenvalue weighted by Crippen LogP contribution is -2.51. The molecule has 12 N–H and O–H groups in total. The van der Waals surface area contributed by atoms with Gasteiger partial charge >= 0.3 is 35.1 Å². The summed E-state index contributed by atoms with van der Waals surface area (Å²) in [6.07, 6.45) is 8.42. The van der Waals surface area contributed by atoms with E-state index in [1.165, 1.54) is 110 Å². The SMILES string of the molecule is CCCCCCCCCCCCCCCCC(C)(C)C(=O)OCCSP(=O)(O)O[C@H]1C2OCCC[C@]2(COP(O)(=S)O[C@H]2C(O)[C@@H](COP(=O)(O)O[C@H]3C(OC)[C@@H](COP(=O)(O)OCCO)O[C@H]3n3cnc4c(N)ncnc43)O[C@H]2n2cnc3c(N)ncnc32)O[C@H]1n1cnc2c(N)ncnc21. The van der Waals surface area contributed by atoms with E-state index in [-0.39, 0.29) is 76.3 Å². The first-order chi connectivity index (χ1) is 48.7. The summed E-state index contributed by atoms with van der Waals surface area (Å²) in [4.78, 5) is 96.9. The number of unbranched alkanes of at least 4 members (excludes halogenated alkanes) is 13. The first kappa shape index (κ1) is 80.0. The lowest BCUT2D eigenvalue weighted by atomic mass is 9.87. The van der Waals surface area contributed by atoms with Crippen LogP contribution in [-0.4, -0.2) is 208 Å². The standard InChI is InChI=1S/C58H91N15O23P4S2/c1-5-6-7-8-9-10-11-12-13-14-15-16-17-18-20-57(2,3)56(76)86-25-26-102-99(81,82)95-45-46-58(21-19-23-85-46,93-55(45)73-35-70-40-49(61)64-32-67-52(40)73)29-90-100(83,101)96-43-41(75)36(91-53(43)71-33-68-38-47(59)62-30-65-50(38)71)27-89-98(79,80)94-44-42(84-4)37(28-88-97(77,78)87-24-22-74)92-54(44)72-34-69-39-48(60)63-31-66-51(39)72/h30-37,41-46,53-55,74-75H,5-29H2,1-4H3,(H,77,78)(H,79,80)(H,81,82)(H,83,101)(H2,59,62,65)(H2,60,63,66)(H2,61,64,67)/t36-,37-,41?,42?,43+,44+,45+,46?,53-,54-,55-,58-,100?/m1/s1. The Morgan fingerprint density at radius 2 is 1.16 bits per heavy atom. The van der Waals surface area contributed by atoms with Gasteiger partial charge in [0, 0.05) is 19.5 Å². The highest BCUT2D eigenvalue weighted by atomic mass is 32.7. The maximum absolute atomic E-state index is 14.3. The third kappa shape index (κ3) is 19.8. The topological polar surface area (TPSA) is 519 Å². The first-order valence-corrected chi connectivity index (χ1v) is 42.4. The van der Waals surface area contributed by atoms with Gasteiger partial charge in [0.25, 0.3) is 0 Å². The fraction of sp³-hybridized carbons (Fsp3) is 0.724. The highest BCUT2D eigenvalue weighted by molar-refractivity contribution is 8.54. The summed E-state index contributed by atoms with van der Waals surface area (Å²) in [6.45, 7) is -7.14. The Kier molecular flexibility index (Phi) is 27.8. The monoisotopic (exact) mass is 1550 g/mol. The highest BCUT2D eigenvalue weighted by Crippen LogP contribution is 2.62. The Morgan fingerprint density at radius 1 is 0.647 bits per heavy atom. The molecule has 0 amide bonds. The summed E-state index contributed by atoms with van der Waals surface area (Å²) >= 11 is 6.22. The van der Waals surface area contributed by atoms with E-state index in [0.717, 1.165) is 38.3 Å². The number of aliphatic hydroxyl groups is 2. The number of hydrogen-bond donors (Lipinski definition) is 9. The van der Waals surface area contributed by atoms with Gasteiger partial charge in [-0.05, 0) is 56.3 Å². The van der Waals surface area contributed by atoms with Crippen LogP contribution in [0.5, 0.6) is 0 Å². The number of rotatable bonds is 42. The van der Waals surface area contributed by atoms with Crippen LogP contribution in [0.15, 0.2) is 38.0 Å². The van der Waals surface area contributed by atoms with E-state index < -0.39 is 147 Å². The van der Waals surface area contributed by atoms with Crippen molar-refractivity contribution >= 4 is 109 Å². The fourth-order valence-electron chi connectivity index (χ4n) is 12.8. The number of nitrogens with zero attached hydrogens (tertiary/aromatic N) is 12. The maximum atomic E-state index is 14.3. The average molecular weight is 1550 g/mol. The number of ether oxygens (including phenoxy) is 6. The predicted octanol–water partition coefficient (Wildman–Crippen LogP) is 6.78. The van der Waals surface area contributed by atoms with Crippen molar-refractivity contribution in [1.82, 2.24) is 58.6 Å². The molecule has 10 heterocycles. The second-order valence-electron chi connectivity index (χ2n) is 25.7. The second kappa shape index (κ2) is 35.5. The van der Waals surface area contributed by atoms with Crippen LogP contribution in [-0.2, 0) is 90.4 Å². The summed E-state index contributed by atoms with van der Waals surface area (Å²) in [7, 11) is -9.03. The molecule has 6 aromatic rings. The van der Waals surface area contributed by atoms with Crippen molar-refractivity contribution in [1.29, 1.82) is 0 Å². The molecule has 0 aromatic carbocycles. The molecule has 38 nitrogen and oxygen atoms in total. The molecule has 102 heavy (non-hydrogen) atoms. The number of methoxy groups -OCH3 is 1. The van der Waals surface area contributed by atoms with Crippen molar-refractivity contribution in [3.8, 4) is 0 Å². The van der Waals surface area contributed by atoms with E-state index >= 15 is 0 Å². The minimum atomic E-state index is -5.42. The van der Waals surface area contributed by atoms with Gasteiger partial charge in [-0.3, -0.25) is 45.6 Å². The fourth-order valence-corrected chi connectivity index (χ4v) is 18.3. The Labute approximate surface area is 596 Å². The number of fused-ring (bicyclic) bond motifs is 4. The molecule has 0 bridgehead atoms. The number of esters is 1. The molecule has 10 rings (SSSR count). The number of carbonyl (C=O) groups is 1. The van der Waals surface area contributed by atoms with Crippen LogP contribution in [0.25, 0.3) is 33.5 Å². The number of nitrogen functional groups attached to an aromatic ring is 3. The molecule has 6 aromatic heterocycles. The van der Waals surface area contributed by atoms with E-state index in [1.54, 1.807) is 0 Å². The van der Waals surface area contributed by atoms with Crippen molar-refractivity contribution < 1.29 is 108 Å². The molecule has 44 heteroatoms. The van der Waals surface area contributed by atoms with Crippen molar-refractivity contribution in [3.63, 3.8) is 0 Å². The van der Waals surface area contributed by atoms with Gasteiger partial charge in [-0.1, -0.05) is 96.8 Å². The molecule has 7 unspecified atom stereocenters. The summed E-state index contributed by atoms with van der Waals surface area (Å²) in [6, 6.07) is 0. The molecule has 0 radical (unpaired) electrons. The Bertz CT molecular complexity index is 3970. The number of phosphoric acid groups is 2. The quantitative estimate of drug-likeness (QED) is 0.0108. The number of nitrogens with two attached hydrogens (primary N) is 3. The molecular formula is C58H91N15O23P4S2. The van der Waals surface area contributed by atoms with Crippen LogP contribution in [0.3, 0.4) is 0 Å². The van der Waals surface area contributed by atoms with E-state index in [2.05, 4.69) is 51.8 Å². The smallest absolute Gasteiger partial charge is 0.464 e. The van der Waals surface area contributed by atoms with Crippen LogP contribution >= 0.6 is 40.5 Å². The molecule has 4 fully saturated rings. The number of carbonyl (C=O) groups excluding carboxylic acids is 1. The zero-order valence-electron chi connectivity index (χ0n) is 56.8. The molecule has 4 aliphatic heterocycles. The van der Waals surface area contributed by atoms with Gasteiger partial charge in [-0.2, -0.15) is 0 Å². The molecule has 0 aliphatic carbocycles. The third-order valence-corrected chi connectivity index (χ3v) is 24.5. The zero-order valence-corrected chi connectivity index (χ0v) is 62.0. The molecule has 16 atom stereocenters. The lowest BCUT2D eigenvalue weighted by molar-refractivity contribution is -0.164. The van der Waals surface area contributed by atoms with Gasteiger partial charge < -0.3 is 79.9 Å². The second-order valence-corrected chi connectivity index (χ2v) is 35.4. The highest BCUT2D eigenvalue weighted by Gasteiger charge is 2.62. The average Bonchev–Trinajstić information content (AvgIpc) is 1.59. The Hall–Kier alpha value is -4.51. The van der Waals surface area contributed by atoms with Gasteiger partial charge in [0.1, 0.15) is 96.6 Å². The Balaban J connectivity index is 0.805. The zero-order chi connectivity index (χ0) is 73.0. The van der Waals surface area contributed by atoms with Gasteiger partial charge in [0.05, 0.1) is 57.4 Å². The summed E-state index contributed by atoms with van der Waals surface area (Å²) < 4.78 is 122. The lowest BCUT2D eigenvalue weighted by Gasteiger charge is -2.39. The summed E-state index contributed by atoms with van der Waals surface area (Å²) in [5, 5.41) is 21.4. The molecule has 0 saturated carbocycles. The number of phosphoric ester groups is 2. The van der Waals surface area contributed by atoms with E-state index in [4.69, 9.17) is 94.2 Å². The molecule has 0 spiro atoms. The van der Waals surface area contributed by atoms with Gasteiger partial charge in [-0.25, -0.2) is 58.6 Å². The van der Waals surface area contributed by atoms with Crippen LogP contribution in [0, 0.1) is 5.41 Å². The molecule has 4 saturated heterocycles. The molecular weight excluding hydrogens is 1460 g/mol. The first-order valence-electron chi connectivity index (χ1n) is 33.7. The minimum Gasteiger partial charge on any atom is -0.464 e. The number of hydrogen-bond acceptors (Lipinski definition) is 33. The van der Waals surface area contributed by atoms with E-state index in [1.807, 2.05) is 13.8 Å². The normalized spacial score (nSPS) is 27.1. The number of anilines is 3. The largest absolute Gasteiger partial charge is 0.472 e. The number of imidazole rings is 3. The van der Waals surface area contributed by atoms with Crippen molar-refractivity contribution in [2.24, 2.45) is 5.41 Å². The minimum absolute atomic E-state index is 0.0162.